The van der Waals surface area contributed by atoms with E-state index in [4.69, 9.17) is 21.1 Å². The zero-order valence-electron chi connectivity index (χ0n) is 12.0. The first-order chi connectivity index (χ1) is 9.67. The highest BCUT2D eigenvalue weighted by molar-refractivity contribution is 9.10. The Balaban J connectivity index is 2.36. The molecule has 0 radical (unpaired) electrons. The van der Waals surface area contributed by atoms with Crippen molar-refractivity contribution in [2.45, 2.75) is 26.4 Å². The minimum absolute atomic E-state index is 0.164. The lowest BCUT2D eigenvalue weighted by Gasteiger charge is -2.19. The van der Waals surface area contributed by atoms with Crippen LogP contribution in [0.1, 0.15) is 20.8 Å². The summed E-state index contributed by atoms with van der Waals surface area (Å²) in [7, 11) is 0. The zero-order valence-corrected chi connectivity index (χ0v) is 14.4. The quantitative estimate of drug-likeness (QED) is 0.850. The van der Waals surface area contributed by atoms with Gasteiger partial charge in [0.1, 0.15) is 18.0 Å². The molecule has 1 aromatic rings. The smallest absolute Gasteiger partial charge is 0.408 e. The van der Waals surface area contributed by atoms with Crippen LogP contribution in [0.5, 0.6) is 5.75 Å². The molecular formula is C14H17BrClNO4. The van der Waals surface area contributed by atoms with Crippen LogP contribution in [-0.2, 0) is 9.53 Å². The molecule has 0 heterocycles. The molecule has 0 bridgehead atoms. The summed E-state index contributed by atoms with van der Waals surface area (Å²) in [6, 6.07) is 5.08. The van der Waals surface area contributed by atoms with Gasteiger partial charge in [0.25, 0.3) is 0 Å². The highest BCUT2D eigenvalue weighted by Gasteiger charge is 2.16. The summed E-state index contributed by atoms with van der Waals surface area (Å²) in [5, 5.41) is 2.77. The Labute approximate surface area is 137 Å². The van der Waals surface area contributed by atoms with E-state index in [1.54, 1.807) is 39.0 Å². The number of alkyl carbamates (subject to hydrolysis) is 1. The van der Waals surface area contributed by atoms with Gasteiger partial charge in [-0.05, 0) is 39.0 Å². The molecule has 0 saturated carbocycles. The van der Waals surface area contributed by atoms with Crippen molar-refractivity contribution in [1.82, 2.24) is 5.32 Å². The molecule has 1 N–H and O–H groups in total. The van der Waals surface area contributed by atoms with Gasteiger partial charge in [0, 0.05) is 4.47 Å². The first kappa shape index (κ1) is 17.8. The van der Waals surface area contributed by atoms with Crippen LogP contribution in [0.3, 0.4) is 0 Å². The van der Waals surface area contributed by atoms with E-state index in [0.717, 1.165) is 4.47 Å². The van der Waals surface area contributed by atoms with Gasteiger partial charge >= 0.3 is 6.09 Å². The van der Waals surface area contributed by atoms with Crippen LogP contribution in [0.15, 0.2) is 22.7 Å². The summed E-state index contributed by atoms with van der Waals surface area (Å²) in [4.78, 5) is 23.0. The van der Waals surface area contributed by atoms with E-state index >= 15 is 0 Å². The van der Waals surface area contributed by atoms with Crippen molar-refractivity contribution in [2.24, 2.45) is 0 Å². The van der Waals surface area contributed by atoms with Gasteiger partial charge in [-0.15, -0.1) is 0 Å². The number of rotatable bonds is 5. The fraction of sp³-hybridized carbons (Fsp3) is 0.429. The molecule has 0 aliphatic rings. The number of ketones is 1. The van der Waals surface area contributed by atoms with Crippen LogP contribution in [0, 0.1) is 0 Å². The van der Waals surface area contributed by atoms with Gasteiger partial charge in [0.05, 0.1) is 11.6 Å². The molecule has 5 nitrogen and oxygen atoms in total. The van der Waals surface area contributed by atoms with E-state index in [1.807, 2.05) is 0 Å². The first-order valence-corrected chi connectivity index (χ1v) is 7.41. The Morgan fingerprint density at radius 1 is 1.33 bits per heavy atom. The number of Topliss-reactive ketones (excluding diaryl/α,β-unsaturated/α-hetero) is 1. The summed E-state index contributed by atoms with van der Waals surface area (Å²) in [6.07, 6.45) is -0.641. The summed E-state index contributed by atoms with van der Waals surface area (Å²) >= 11 is 9.23. The number of carbonyl (C=O) groups excluding carboxylic acids is 2. The molecule has 7 heteroatoms. The predicted molar refractivity (Wildman–Crippen MR) is 83.9 cm³/mol. The van der Waals surface area contributed by atoms with Gasteiger partial charge in [-0.1, -0.05) is 27.5 Å². The minimum Gasteiger partial charge on any atom is -0.484 e. The lowest BCUT2D eigenvalue weighted by Crippen LogP contribution is -2.36. The SMILES string of the molecule is CC(C)(C)OC(=O)NCC(=O)COc1ccc(Br)cc1Cl. The van der Waals surface area contributed by atoms with Gasteiger partial charge in [0.2, 0.25) is 0 Å². The lowest BCUT2D eigenvalue weighted by atomic mass is 10.2. The normalized spacial score (nSPS) is 10.9. The topological polar surface area (TPSA) is 64.6 Å². The van der Waals surface area contributed by atoms with Gasteiger partial charge in [0.15, 0.2) is 5.78 Å². The average Bonchev–Trinajstić information content (AvgIpc) is 2.33. The van der Waals surface area contributed by atoms with E-state index in [9.17, 15) is 9.59 Å². The molecule has 0 aromatic heterocycles. The number of benzene rings is 1. The third kappa shape index (κ3) is 7.34. The second-order valence-corrected chi connectivity index (χ2v) is 6.58. The van der Waals surface area contributed by atoms with Crippen LogP contribution >= 0.6 is 27.5 Å². The third-order valence-corrected chi connectivity index (χ3v) is 2.90. The number of amides is 1. The molecule has 0 atom stereocenters. The number of hydrogen-bond acceptors (Lipinski definition) is 4. The Morgan fingerprint density at radius 3 is 2.57 bits per heavy atom. The standard InChI is InChI=1S/C14H17BrClNO4/c1-14(2,3)21-13(19)17-7-10(18)8-20-12-5-4-9(15)6-11(12)16/h4-6H,7-8H2,1-3H3,(H,17,19). The number of ether oxygens (including phenoxy) is 2. The fourth-order valence-corrected chi connectivity index (χ4v) is 2.01. The van der Waals surface area contributed by atoms with Crippen molar-refractivity contribution in [2.75, 3.05) is 13.2 Å². The van der Waals surface area contributed by atoms with E-state index in [-0.39, 0.29) is 18.9 Å². The Morgan fingerprint density at radius 2 is 2.00 bits per heavy atom. The Bertz CT molecular complexity index is 528. The van der Waals surface area contributed by atoms with Crippen LogP contribution in [0.2, 0.25) is 5.02 Å². The first-order valence-electron chi connectivity index (χ1n) is 6.24. The van der Waals surface area contributed by atoms with E-state index in [2.05, 4.69) is 21.2 Å². The molecule has 1 rings (SSSR count). The number of nitrogens with one attached hydrogen (secondary N) is 1. The monoisotopic (exact) mass is 377 g/mol. The number of halogens is 2. The molecule has 116 valence electrons. The number of carbonyl (C=O) groups is 2. The molecule has 21 heavy (non-hydrogen) atoms. The van der Waals surface area contributed by atoms with E-state index in [1.165, 1.54) is 0 Å². The molecule has 1 aromatic carbocycles. The Hall–Kier alpha value is -1.27. The lowest BCUT2D eigenvalue weighted by molar-refractivity contribution is -0.120. The highest BCUT2D eigenvalue weighted by atomic mass is 79.9. The van der Waals surface area contributed by atoms with Crippen LogP contribution in [0.4, 0.5) is 4.79 Å². The largest absolute Gasteiger partial charge is 0.484 e. The summed E-state index contributed by atoms with van der Waals surface area (Å²) in [6.45, 7) is 4.88. The zero-order chi connectivity index (χ0) is 16.0. The van der Waals surface area contributed by atoms with Crippen molar-refractivity contribution in [3.8, 4) is 5.75 Å². The van der Waals surface area contributed by atoms with Gasteiger partial charge in [-0.2, -0.15) is 0 Å². The third-order valence-electron chi connectivity index (χ3n) is 2.11. The van der Waals surface area contributed by atoms with Gasteiger partial charge in [-0.25, -0.2) is 4.79 Å². The van der Waals surface area contributed by atoms with Crippen LogP contribution < -0.4 is 10.1 Å². The maximum Gasteiger partial charge on any atom is 0.408 e. The van der Waals surface area contributed by atoms with E-state index in [0.29, 0.717) is 10.8 Å². The summed E-state index contributed by atoms with van der Waals surface area (Å²) in [5.74, 6) is 0.116. The summed E-state index contributed by atoms with van der Waals surface area (Å²) in [5.41, 5.74) is -0.603. The van der Waals surface area contributed by atoms with Crippen LogP contribution in [-0.4, -0.2) is 30.6 Å². The molecule has 0 aliphatic carbocycles. The molecular weight excluding hydrogens is 362 g/mol. The van der Waals surface area contributed by atoms with Crippen molar-refractivity contribution in [3.05, 3.63) is 27.7 Å². The van der Waals surface area contributed by atoms with Gasteiger partial charge < -0.3 is 14.8 Å². The summed E-state index contributed by atoms with van der Waals surface area (Å²) < 4.78 is 11.1. The predicted octanol–water partition coefficient (Wildman–Crippen LogP) is 3.58. The second-order valence-electron chi connectivity index (χ2n) is 5.26. The molecule has 0 fully saturated rings. The highest BCUT2D eigenvalue weighted by Crippen LogP contribution is 2.27. The van der Waals surface area contributed by atoms with Crippen molar-refractivity contribution >= 4 is 39.4 Å². The number of hydrogen-bond donors (Lipinski definition) is 1. The average molecular weight is 379 g/mol. The molecule has 0 spiro atoms. The molecule has 1 amide bonds. The fourth-order valence-electron chi connectivity index (χ4n) is 1.29. The van der Waals surface area contributed by atoms with Crippen LogP contribution in [0.25, 0.3) is 0 Å². The molecule has 0 aliphatic heterocycles. The van der Waals surface area contributed by atoms with Gasteiger partial charge in [-0.3, -0.25) is 4.79 Å². The Kier molecular flexibility index (Phi) is 6.48. The molecule has 0 unspecified atom stereocenters. The molecule has 0 saturated heterocycles. The van der Waals surface area contributed by atoms with Crippen molar-refractivity contribution < 1.29 is 19.1 Å². The van der Waals surface area contributed by atoms with Crippen molar-refractivity contribution in [3.63, 3.8) is 0 Å². The van der Waals surface area contributed by atoms with Crippen molar-refractivity contribution in [1.29, 1.82) is 0 Å². The maximum atomic E-state index is 11.6. The van der Waals surface area contributed by atoms with E-state index < -0.39 is 11.7 Å². The minimum atomic E-state index is -0.641. The second kappa shape index (κ2) is 7.66. The maximum absolute atomic E-state index is 11.6.